The fourth-order valence-corrected chi connectivity index (χ4v) is 2.80. The van der Waals surface area contributed by atoms with Crippen LogP contribution in [0.25, 0.3) is 0 Å². The molecule has 1 aliphatic rings. The third-order valence-corrected chi connectivity index (χ3v) is 3.56. The molecule has 2 nitrogen and oxygen atoms in total. The molecule has 0 spiro atoms. The lowest BCUT2D eigenvalue weighted by molar-refractivity contribution is 0.0878. The Morgan fingerprint density at radius 2 is 2.13 bits per heavy atom. The maximum atomic E-state index is 9.68. The first-order chi connectivity index (χ1) is 6.83. The van der Waals surface area contributed by atoms with Crippen molar-refractivity contribution in [2.24, 2.45) is 11.3 Å². The molecule has 0 aromatic rings. The standard InChI is InChI=1S/C13H24O2/c1-9-7-11(15)8-13(3,4)12(9)6-5-10(2)14/h7,10-12,14-15H,5-6,8H2,1-4H3. The van der Waals surface area contributed by atoms with Crippen LogP contribution in [0.4, 0.5) is 0 Å². The zero-order valence-corrected chi connectivity index (χ0v) is 10.3. The number of allylic oxidation sites excluding steroid dienone is 1. The lowest BCUT2D eigenvalue weighted by atomic mass is 9.66. The summed E-state index contributed by atoms with van der Waals surface area (Å²) >= 11 is 0. The van der Waals surface area contributed by atoms with Crippen molar-refractivity contribution in [2.75, 3.05) is 0 Å². The fraction of sp³-hybridized carbons (Fsp3) is 0.846. The van der Waals surface area contributed by atoms with Crippen LogP contribution >= 0.6 is 0 Å². The molecule has 0 heterocycles. The van der Waals surface area contributed by atoms with E-state index in [2.05, 4.69) is 20.8 Å². The molecule has 1 aliphatic carbocycles. The minimum atomic E-state index is -0.289. The molecular formula is C13H24O2. The van der Waals surface area contributed by atoms with Crippen molar-refractivity contribution in [1.29, 1.82) is 0 Å². The van der Waals surface area contributed by atoms with Gasteiger partial charge in [-0.3, -0.25) is 0 Å². The molecule has 0 saturated carbocycles. The Balaban J connectivity index is 2.71. The van der Waals surface area contributed by atoms with E-state index < -0.39 is 0 Å². The summed E-state index contributed by atoms with van der Waals surface area (Å²) < 4.78 is 0. The molecule has 2 heteroatoms. The number of hydrogen-bond donors (Lipinski definition) is 2. The Bertz CT molecular complexity index is 241. The minimum Gasteiger partial charge on any atom is -0.393 e. The summed E-state index contributed by atoms with van der Waals surface area (Å²) in [7, 11) is 0. The molecular weight excluding hydrogens is 188 g/mol. The summed E-state index contributed by atoms with van der Waals surface area (Å²) in [5.41, 5.74) is 1.42. The first-order valence-electron chi connectivity index (χ1n) is 5.87. The van der Waals surface area contributed by atoms with Gasteiger partial charge in [0, 0.05) is 0 Å². The molecule has 0 saturated heterocycles. The van der Waals surface area contributed by atoms with Gasteiger partial charge in [0.2, 0.25) is 0 Å². The van der Waals surface area contributed by atoms with Crippen molar-refractivity contribution in [2.45, 2.75) is 59.2 Å². The Hall–Kier alpha value is -0.340. The van der Waals surface area contributed by atoms with Crippen LogP contribution in [-0.2, 0) is 0 Å². The molecule has 88 valence electrons. The highest BCUT2D eigenvalue weighted by Crippen LogP contribution is 2.43. The largest absolute Gasteiger partial charge is 0.393 e. The number of rotatable bonds is 3. The van der Waals surface area contributed by atoms with Gasteiger partial charge in [-0.25, -0.2) is 0 Å². The smallest absolute Gasteiger partial charge is 0.0728 e. The summed E-state index contributed by atoms with van der Waals surface area (Å²) in [6.45, 7) is 8.35. The number of hydrogen-bond acceptors (Lipinski definition) is 2. The normalized spacial score (nSPS) is 32.3. The second kappa shape index (κ2) is 4.67. The number of aliphatic hydroxyl groups excluding tert-OH is 2. The van der Waals surface area contributed by atoms with Gasteiger partial charge >= 0.3 is 0 Å². The van der Waals surface area contributed by atoms with Crippen LogP contribution in [0.5, 0.6) is 0 Å². The van der Waals surface area contributed by atoms with Crippen LogP contribution in [0.15, 0.2) is 11.6 Å². The van der Waals surface area contributed by atoms with Gasteiger partial charge < -0.3 is 10.2 Å². The van der Waals surface area contributed by atoms with Crippen molar-refractivity contribution < 1.29 is 10.2 Å². The van der Waals surface area contributed by atoms with E-state index >= 15 is 0 Å². The maximum absolute atomic E-state index is 9.68. The summed E-state index contributed by atoms with van der Waals surface area (Å²) in [6, 6.07) is 0. The van der Waals surface area contributed by atoms with Crippen molar-refractivity contribution in [3.05, 3.63) is 11.6 Å². The van der Waals surface area contributed by atoms with Crippen LogP contribution in [0, 0.1) is 11.3 Å². The lowest BCUT2D eigenvalue weighted by Crippen LogP contribution is -2.34. The third kappa shape index (κ3) is 3.32. The predicted octanol–water partition coefficient (Wildman–Crippen LogP) is 2.50. The number of aliphatic hydroxyl groups is 2. The molecule has 2 N–H and O–H groups in total. The van der Waals surface area contributed by atoms with Gasteiger partial charge in [0.25, 0.3) is 0 Å². The molecule has 3 unspecified atom stereocenters. The van der Waals surface area contributed by atoms with E-state index in [1.54, 1.807) is 0 Å². The summed E-state index contributed by atoms with van der Waals surface area (Å²) in [5.74, 6) is 0.496. The Labute approximate surface area is 93.0 Å². The topological polar surface area (TPSA) is 40.5 Å². The monoisotopic (exact) mass is 212 g/mol. The van der Waals surface area contributed by atoms with Crippen molar-refractivity contribution >= 4 is 0 Å². The molecule has 0 amide bonds. The zero-order chi connectivity index (χ0) is 11.6. The Morgan fingerprint density at radius 1 is 1.53 bits per heavy atom. The van der Waals surface area contributed by atoms with Gasteiger partial charge in [-0.05, 0) is 44.4 Å². The fourth-order valence-electron chi connectivity index (χ4n) is 2.80. The van der Waals surface area contributed by atoms with Gasteiger partial charge in [0.05, 0.1) is 12.2 Å². The molecule has 0 fully saturated rings. The second-order valence-corrected chi connectivity index (χ2v) is 5.65. The molecule has 0 bridgehead atoms. The van der Waals surface area contributed by atoms with E-state index in [0.29, 0.717) is 5.92 Å². The average molecular weight is 212 g/mol. The quantitative estimate of drug-likeness (QED) is 0.706. The highest BCUT2D eigenvalue weighted by molar-refractivity contribution is 5.15. The van der Waals surface area contributed by atoms with Crippen LogP contribution in [0.2, 0.25) is 0 Å². The summed E-state index contributed by atoms with van der Waals surface area (Å²) in [5, 5.41) is 19.0. The maximum Gasteiger partial charge on any atom is 0.0728 e. The SMILES string of the molecule is CC1=CC(O)CC(C)(C)C1CCC(C)O. The average Bonchev–Trinajstić information content (AvgIpc) is 1.98. The second-order valence-electron chi connectivity index (χ2n) is 5.65. The van der Waals surface area contributed by atoms with Crippen LogP contribution < -0.4 is 0 Å². The van der Waals surface area contributed by atoms with E-state index in [1.165, 1.54) is 5.57 Å². The van der Waals surface area contributed by atoms with Crippen LogP contribution in [0.1, 0.15) is 47.0 Å². The van der Waals surface area contributed by atoms with Gasteiger partial charge in [0.1, 0.15) is 0 Å². The minimum absolute atomic E-state index is 0.146. The van der Waals surface area contributed by atoms with E-state index in [-0.39, 0.29) is 17.6 Å². The van der Waals surface area contributed by atoms with Gasteiger partial charge in [0.15, 0.2) is 0 Å². The van der Waals surface area contributed by atoms with E-state index in [4.69, 9.17) is 0 Å². The van der Waals surface area contributed by atoms with Crippen molar-refractivity contribution in [3.63, 3.8) is 0 Å². The Morgan fingerprint density at radius 3 is 2.60 bits per heavy atom. The van der Waals surface area contributed by atoms with Crippen LogP contribution in [-0.4, -0.2) is 22.4 Å². The molecule has 15 heavy (non-hydrogen) atoms. The van der Waals surface area contributed by atoms with E-state index in [0.717, 1.165) is 19.3 Å². The van der Waals surface area contributed by atoms with E-state index in [9.17, 15) is 10.2 Å². The summed E-state index contributed by atoms with van der Waals surface area (Å²) in [6.07, 6.45) is 4.14. The highest BCUT2D eigenvalue weighted by atomic mass is 16.3. The molecule has 0 radical (unpaired) electrons. The van der Waals surface area contributed by atoms with Gasteiger partial charge in [-0.15, -0.1) is 0 Å². The lowest BCUT2D eigenvalue weighted by Gasteiger charge is -2.40. The van der Waals surface area contributed by atoms with E-state index in [1.807, 2.05) is 13.0 Å². The Kier molecular flexibility index (Phi) is 3.96. The van der Waals surface area contributed by atoms with Crippen LogP contribution in [0.3, 0.4) is 0 Å². The third-order valence-electron chi connectivity index (χ3n) is 3.56. The first-order valence-corrected chi connectivity index (χ1v) is 5.87. The molecule has 0 aromatic carbocycles. The molecule has 0 aromatic heterocycles. The zero-order valence-electron chi connectivity index (χ0n) is 10.3. The molecule has 1 rings (SSSR count). The first kappa shape index (κ1) is 12.7. The van der Waals surface area contributed by atoms with Crippen molar-refractivity contribution in [3.8, 4) is 0 Å². The highest BCUT2D eigenvalue weighted by Gasteiger charge is 2.35. The predicted molar refractivity (Wildman–Crippen MR) is 62.6 cm³/mol. The van der Waals surface area contributed by atoms with Gasteiger partial charge in [-0.1, -0.05) is 25.5 Å². The molecule has 0 aliphatic heterocycles. The van der Waals surface area contributed by atoms with Crippen molar-refractivity contribution in [1.82, 2.24) is 0 Å². The molecule has 3 atom stereocenters. The summed E-state index contributed by atoms with van der Waals surface area (Å²) in [4.78, 5) is 0. The van der Waals surface area contributed by atoms with Gasteiger partial charge in [-0.2, -0.15) is 0 Å².